The van der Waals surface area contributed by atoms with Crippen LogP contribution in [0.1, 0.15) is 40.5 Å². The minimum absolute atomic E-state index is 0.429. The lowest BCUT2D eigenvalue weighted by atomic mass is 10.3. The quantitative estimate of drug-likeness (QED) is 0.198. The molecular weight excluding hydrogens is 287 g/mol. The summed E-state index contributed by atoms with van der Waals surface area (Å²) in [7, 11) is 1.85. The monoisotopic (exact) mass is 313 g/mol. The molecule has 0 fully saturated rings. The lowest BCUT2D eigenvalue weighted by Crippen LogP contribution is -2.26. The summed E-state index contributed by atoms with van der Waals surface area (Å²) in [6.07, 6.45) is 11.8. The highest BCUT2D eigenvalue weighted by Gasteiger charge is 2.44. The van der Waals surface area contributed by atoms with Gasteiger partial charge in [-0.25, -0.2) is 0 Å². The molecule has 0 aromatic heterocycles. The van der Waals surface area contributed by atoms with E-state index in [1.165, 1.54) is 0 Å². The highest BCUT2D eigenvalue weighted by molar-refractivity contribution is 8.04. The molecule has 0 aliphatic carbocycles. The van der Waals surface area contributed by atoms with Gasteiger partial charge in [-0.1, -0.05) is 32.1 Å². The Morgan fingerprint density at radius 1 is 1.45 bits per heavy atom. The van der Waals surface area contributed by atoms with Gasteiger partial charge in [-0.2, -0.15) is 5.10 Å². The van der Waals surface area contributed by atoms with Gasteiger partial charge >= 0.3 is 6.85 Å². The molecule has 0 N–H and O–H groups in total. The maximum Gasteiger partial charge on any atom is 0.358 e. The van der Waals surface area contributed by atoms with Crippen LogP contribution in [0.3, 0.4) is 0 Å². The molecule has 0 heterocycles. The highest BCUT2D eigenvalue weighted by Crippen LogP contribution is 2.46. The molecule has 0 aliphatic rings. The lowest BCUT2D eigenvalue weighted by molar-refractivity contribution is 0.0972. The van der Waals surface area contributed by atoms with Gasteiger partial charge in [0.15, 0.2) is 11.8 Å². The van der Waals surface area contributed by atoms with Crippen LogP contribution in [0.25, 0.3) is 0 Å². The van der Waals surface area contributed by atoms with Crippen LogP contribution in [0.15, 0.2) is 41.2 Å². The summed E-state index contributed by atoms with van der Waals surface area (Å²) < 4.78 is 7.86. The van der Waals surface area contributed by atoms with Crippen molar-refractivity contribution in [2.24, 2.45) is 5.10 Å². The number of hydrogen-bond donors (Lipinski definition) is 0. The van der Waals surface area contributed by atoms with Crippen molar-refractivity contribution in [1.29, 1.82) is 0 Å². The topological polar surface area (TPSA) is 24.8 Å². The van der Waals surface area contributed by atoms with Gasteiger partial charge in [0.1, 0.15) is 5.76 Å². The van der Waals surface area contributed by atoms with Crippen molar-refractivity contribution in [2.45, 2.75) is 45.9 Å². The third kappa shape index (κ3) is 5.98. The minimum atomic E-state index is -0.975. The molecule has 0 aliphatic heterocycles. The average Bonchev–Trinajstić information content (AvgIpc) is 2.48. The second kappa shape index (κ2) is 9.84. The molecule has 5 heteroatoms. The van der Waals surface area contributed by atoms with Crippen LogP contribution in [0.2, 0.25) is 0 Å². The number of hydrogen-bond acceptors (Lipinski definition) is 3. The van der Waals surface area contributed by atoms with Crippen molar-refractivity contribution in [3.63, 3.8) is 0 Å². The van der Waals surface area contributed by atoms with Crippen LogP contribution in [-0.4, -0.2) is 23.9 Å². The molecule has 112 valence electrons. The van der Waals surface area contributed by atoms with Gasteiger partial charge in [-0.05, 0) is 25.5 Å². The van der Waals surface area contributed by atoms with E-state index in [0.717, 1.165) is 18.6 Å². The molecule has 0 spiro atoms. The first kappa shape index (κ1) is 19.0. The third-order valence-corrected chi connectivity index (χ3v) is 6.63. The summed E-state index contributed by atoms with van der Waals surface area (Å²) in [5, 5.41) is 3.47. The van der Waals surface area contributed by atoms with Crippen molar-refractivity contribution in [3.8, 4) is 0 Å². The molecule has 0 aromatic rings. The zero-order valence-electron chi connectivity index (χ0n) is 13.2. The normalized spacial score (nSPS) is 16.2. The molecule has 0 amide bonds. The average molecular weight is 313 g/mol. The molecule has 0 saturated heterocycles. The van der Waals surface area contributed by atoms with Crippen LogP contribution in [-0.2, 0) is 16.5 Å². The fraction of sp³-hybridized carbons (Fsp3) is 0.533. The summed E-state index contributed by atoms with van der Waals surface area (Å²) >= 11 is 5.58. The molecule has 2 atom stereocenters. The molecule has 20 heavy (non-hydrogen) atoms. The molecule has 0 radical (unpaired) electrons. The van der Waals surface area contributed by atoms with Gasteiger partial charge in [0.2, 0.25) is 0 Å². The molecule has 0 rings (SSSR count). The van der Waals surface area contributed by atoms with E-state index < -0.39 is 12.2 Å². The summed E-state index contributed by atoms with van der Waals surface area (Å²) in [6.45, 7) is 10.7. The third-order valence-electron chi connectivity index (χ3n) is 2.89. The highest BCUT2D eigenvalue weighted by atomic mass is 32.4. The molecule has 0 aromatic carbocycles. The summed E-state index contributed by atoms with van der Waals surface area (Å²) in [6, 6.07) is 0. The van der Waals surface area contributed by atoms with Crippen LogP contribution >= 0.6 is 6.85 Å². The Morgan fingerprint density at radius 2 is 2.10 bits per heavy atom. The van der Waals surface area contributed by atoms with Gasteiger partial charge in [-0.15, -0.1) is 4.78 Å². The van der Waals surface area contributed by atoms with Gasteiger partial charge in [-0.3, -0.25) is 0 Å². The second-order valence-corrected chi connectivity index (χ2v) is 7.53. The van der Waals surface area contributed by atoms with E-state index in [1.54, 1.807) is 4.78 Å². The van der Waals surface area contributed by atoms with Crippen molar-refractivity contribution in [1.82, 2.24) is 4.78 Å². The number of rotatable bonds is 9. The predicted octanol–water partition coefficient (Wildman–Crippen LogP) is 4.96. The maximum atomic E-state index is 6.14. The minimum Gasteiger partial charge on any atom is -0.445 e. The Bertz CT molecular complexity index is 418. The smallest absolute Gasteiger partial charge is 0.358 e. The molecule has 0 bridgehead atoms. The van der Waals surface area contributed by atoms with E-state index in [0.29, 0.717) is 0 Å². The number of hydrazone groups is 1. The van der Waals surface area contributed by atoms with E-state index in [2.05, 4.69) is 31.7 Å². The Morgan fingerprint density at radius 3 is 2.55 bits per heavy atom. The van der Waals surface area contributed by atoms with Gasteiger partial charge < -0.3 is 4.74 Å². The summed E-state index contributed by atoms with van der Waals surface area (Å²) in [5.41, 5.74) is 0. The van der Waals surface area contributed by atoms with E-state index >= 15 is 0 Å². The predicted molar refractivity (Wildman–Crippen MR) is 93.7 cm³/mol. The Balaban J connectivity index is 4.99. The van der Waals surface area contributed by atoms with Crippen molar-refractivity contribution in [3.05, 3.63) is 36.1 Å². The molecular formula is C15H26N2OPS+. The van der Waals surface area contributed by atoms with Crippen molar-refractivity contribution in [2.75, 3.05) is 7.05 Å². The maximum absolute atomic E-state index is 6.14. The molecule has 2 unspecified atom stereocenters. The van der Waals surface area contributed by atoms with Crippen molar-refractivity contribution >= 4 is 25.4 Å². The van der Waals surface area contributed by atoms with E-state index in [9.17, 15) is 0 Å². The number of nitrogens with zero attached hydrogens (tertiary/aromatic N) is 2. The Labute approximate surface area is 129 Å². The largest absolute Gasteiger partial charge is 0.445 e. The fourth-order valence-electron chi connectivity index (χ4n) is 1.42. The van der Waals surface area contributed by atoms with E-state index in [4.69, 9.17) is 16.5 Å². The van der Waals surface area contributed by atoms with Gasteiger partial charge in [0, 0.05) is 20.1 Å². The van der Waals surface area contributed by atoms with Gasteiger partial charge in [0.25, 0.3) is 5.34 Å². The van der Waals surface area contributed by atoms with E-state index in [1.807, 2.05) is 45.2 Å². The zero-order chi connectivity index (χ0) is 15.6. The van der Waals surface area contributed by atoms with Crippen LogP contribution in [0, 0.1) is 0 Å². The Kier molecular flexibility index (Phi) is 9.35. The first-order valence-electron chi connectivity index (χ1n) is 6.81. The number of ether oxygens (including phenoxy) is 1. The lowest BCUT2D eigenvalue weighted by Gasteiger charge is -2.23. The molecule has 3 nitrogen and oxygen atoms in total. The number of allylic oxidation sites excluding steroid dienone is 5. The van der Waals surface area contributed by atoms with Crippen LogP contribution in [0.4, 0.5) is 0 Å². The summed E-state index contributed by atoms with van der Waals surface area (Å²) in [4.78, 5) is 0. The SMILES string of the molecule is C=NN(C)[P+](=S)C(C)(CC)OC(C=CC=CCC)=CC. The summed E-state index contributed by atoms with van der Waals surface area (Å²) in [5.74, 6) is 0.824. The van der Waals surface area contributed by atoms with Crippen LogP contribution < -0.4 is 0 Å². The Hall–Kier alpha value is -0.990. The second-order valence-electron chi connectivity index (χ2n) is 4.42. The van der Waals surface area contributed by atoms with Crippen molar-refractivity contribution < 1.29 is 4.74 Å². The first-order chi connectivity index (χ1) is 9.45. The molecule has 0 saturated carbocycles. The standard InChI is InChI=1S/C15H26N2OPS/c1-7-10-11-12-13-14(8-2)18-15(4,9-3)19(20)17(6)16-5/h8,10-13H,5,7,9H2,1-4,6H3/q+1. The van der Waals surface area contributed by atoms with E-state index in [-0.39, 0.29) is 0 Å². The zero-order valence-corrected chi connectivity index (χ0v) is 14.9. The fourth-order valence-corrected chi connectivity index (χ4v) is 3.25. The van der Waals surface area contributed by atoms with Crippen LogP contribution in [0.5, 0.6) is 0 Å². The van der Waals surface area contributed by atoms with Gasteiger partial charge in [0.05, 0.1) is 7.05 Å². The first-order valence-corrected chi connectivity index (χ1v) is 9.12.